The van der Waals surface area contributed by atoms with Gasteiger partial charge in [0.2, 0.25) is 0 Å². The van der Waals surface area contributed by atoms with Gasteiger partial charge in [-0.25, -0.2) is 8.78 Å². The van der Waals surface area contributed by atoms with E-state index in [4.69, 9.17) is 4.74 Å². The highest BCUT2D eigenvalue weighted by molar-refractivity contribution is 14.1. The van der Waals surface area contributed by atoms with Crippen molar-refractivity contribution in [3.8, 4) is 0 Å². The van der Waals surface area contributed by atoms with E-state index in [1.807, 2.05) is 22.6 Å². The molecule has 0 bridgehead atoms. The molecule has 0 aliphatic carbocycles. The van der Waals surface area contributed by atoms with Crippen molar-refractivity contribution in [1.29, 1.82) is 0 Å². The quantitative estimate of drug-likeness (QED) is 0.765. The third kappa shape index (κ3) is 4.14. The number of halogens is 3. The zero-order chi connectivity index (χ0) is 12.3. The lowest BCUT2D eigenvalue weighted by Crippen LogP contribution is -2.45. The van der Waals surface area contributed by atoms with E-state index >= 15 is 0 Å². The molecule has 0 atom stereocenters. The van der Waals surface area contributed by atoms with E-state index in [0.717, 1.165) is 3.70 Å². The molecule has 0 unspecified atom stereocenters. The van der Waals surface area contributed by atoms with Crippen molar-refractivity contribution in [2.24, 2.45) is 0 Å². The summed E-state index contributed by atoms with van der Waals surface area (Å²) >= 11 is 2.00. The smallest absolute Gasteiger partial charge is 0.279 e. The van der Waals surface area contributed by atoms with Gasteiger partial charge in [-0.3, -0.25) is 9.58 Å². The van der Waals surface area contributed by atoms with Gasteiger partial charge in [-0.05, 0) is 28.7 Å². The van der Waals surface area contributed by atoms with Crippen molar-refractivity contribution in [2.45, 2.75) is 12.5 Å². The van der Waals surface area contributed by atoms with Gasteiger partial charge in [0.1, 0.15) is 10.2 Å². The third-order valence-electron chi connectivity index (χ3n) is 2.56. The maximum atomic E-state index is 13.8. The molecule has 0 saturated carbocycles. The first kappa shape index (κ1) is 13.2. The lowest BCUT2D eigenvalue weighted by molar-refractivity contribution is -0.0690. The third-order valence-corrected chi connectivity index (χ3v) is 3.14. The molecule has 1 fully saturated rings. The number of hydrogen-bond acceptors (Lipinski definition) is 3. The molecule has 0 radical (unpaired) electrons. The van der Waals surface area contributed by atoms with Gasteiger partial charge in [-0.15, -0.1) is 0 Å². The van der Waals surface area contributed by atoms with Gasteiger partial charge in [0, 0.05) is 19.3 Å². The molecule has 96 valence electrons. The van der Waals surface area contributed by atoms with Crippen molar-refractivity contribution >= 4 is 22.6 Å². The summed E-state index contributed by atoms with van der Waals surface area (Å²) in [5, 5.41) is 3.97. The predicted octanol–water partition coefficient (Wildman–Crippen LogP) is 1.46. The van der Waals surface area contributed by atoms with Crippen molar-refractivity contribution in [2.75, 3.05) is 32.8 Å². The lowest BCUT2D eigenvalue weighted by Gasteiger charge is -2.30. The average molecular weight is 357 g/mol. The van der Waals surface area contributed by atoms with Crippen LogP contribution in [0.15, 0.2) is 12.3 Å². The van der Waals surface area contributed by atoms with Gasteiger partial charge >= 0.3 is 0 Å². The van der Waals surface area contributed by atoms with Gasteiger partial charge in [0.05, 0.1) is 19.8 Å². The molecule has 1 aromatic heterocycles. The maximum Gasteiger partial charge on any atom is 0.279 e. The molecule has 4 nitrogen and oxygen atoms in total. The highest BCUT2D eigenvalue weighted by Gasteiger charge is 2.33. The van der Waals surface area contributed by atoms with Gasteiger partial charge in [-0.2, -0.15) is 5.10 Å². The van der Waals surface area contributed by atoms with Crippen LogP contribution in [-0.2, 0) is 11.3 Å². The van der Waals surface area contributed by atoms with Gasteiger partial charge in [-0.1, -0.05) is 0 Å². The Morgan fingerprint density at radius 3 is 2.65 bits per heavy atom. The number of nitrogens with zero attached hydrogens (tertiary/aromatic N) is 3. The number of alkyl halides is 2. The number of hydrogen-bond donors (Lipinski definition) is 0. The summed E-state index contributed by atoms with van der Waals surface area (Å²) in [5.74, 6) is -2.76. The minimum Gasteiger partial charge on any atom is -0.379 e. The number of aromatic nitrogens is 2. The highest BCUT2D eigenvalue weighted by atomic mass is 127. The van der Waals surface area contributed by atoms with Crippen molar-refractivity contribution in [1.82, 2.24) is 14.7 Å². The van der Waals surface area contributed by atoms with E-state index in [0.29, 0.717) is 26.3 Å². The second-order valence-corrected chi connectivity index (χ2v) is 5.19. The number of ether oxygens (including phenoxy) is 1. The fourth-order valence-corrected chi connectivity index (χ4v) is 2.24. The highest BCUT2D eigenvalue weighted by Crippen LogP contribution is 2.18. The fourth-order valence-electron chi connectivity index (χ4n) is 1.80. The molecule has 1 aliphatic heterocycles. The standard InChI is InChI=1S/C10H14F2IN3O/c11-10(12,7-15-3-5-17-6-4-15)8-16-2-1-9(13)14-16/h1-2H,3-8H2. The van der Waals surface area contributed by atoms with Crippen LogP contribution in [0.25, 0.3) is 0 Å². The van der Waals surface area contributed by atoms with Gasteiger partial charge in [0.15, 0.2) is 0 Å². The average Bonchev–Trinajstić information content (AvgIpc) is 2.63. The van der Waals surface area contributed by atoms with Crippen LogP contribution >= 0.6 is 22.6 Å². The molecule has 2 heterocycles. The summed E-state index contributed by atoms with van der Waals surface area (Å²) in [6.45, 7) is 1.63. The van der Waals surface area contributed by atoms with Crippen molar-refractivity contribution < 1.29 is 13.5 Å². The van der Waals surface area contributed by atoms with Gasteiger partial charge < -0.3 is 4.74 Å². The molecule has 1 saturated heterocycles. The monoisotopic (exact) mass is 357 g/mol. The molecule has 2 rings (SSSR count). The first-order chi connectivity index (χ1) is 8.05. The minimum atomic E-state index is -2.76. The van der Waals surface area contributed by atoms with Crippen LogP contribution < -0.4 is 0 Å². The SMILES string of the molecule is FC(F)(CN1CCOCC1)Cn1ccc(I)n1. The normalized spacial score (nSPS) is 18.5. The molecule has 0 aromatic carbocycles. The van der Waals surface area contributed by atoms with Crippen LogP contribution in [0.1, 0.15) is 0 Å². The van der Waals surface area contributed by atoms with E-state index in [2.05, 4.69) is 5.10 Å². The van der Waals surface area contributed by atoms with Crippen molar-refractivity contribution in [3.05, 3.63) is 16.0 Å². The van der Waals surface area contributed by atoms with Crippen LogP contribution in [0.2, 0.25) is 0 Å². The molecule has 17 heavy (non-hydrogen) atoms. The Morgan fingerprint density at radius 1 is 1.35 bits per heavy atom. The molecule has 1 aromatic rings. The van der Waals surface area contributed by atoms with Crippen LogP contribution in [0.5, 0.6) is 0 Å². The Hall–Kier alpha value is -0.280. The summed E-state index contributed by atoms with van der Waals surface area (Å²) in [5.41, 5.74) is 0. The van der Waals surface area contributed by atoms with E-state index < -0.39 is 5.92 Å². The topological polar surface area (TPSA) is 30.3 Å². The predicted molar refractivity (Wildman–Crippen MR) is 67.2 cm³/mol. The maximum absolute atomic E-state index is 13.8. The Kier molecular flexibility index (Phi) is 4.31. The summed E-state index contributed by atoms with van der Waals surface area (Å²) < 4.78 is 34.7. The minimum absolute atomic E-state index is 0.229. The Balaban J connectivity index is 1.88. The van der Waals surface area contributed by atoms with Crippen LogP contribution in [0.4, 0.5) is 8.78 Å². The zero-order valence-corrected chi connectivity index (χ0v) is 11.4. The summed E-state index contributed by atoms with van der Waals surface area (Å²) in [7, 11) is 0. The zero-order valence-electron chi connectivity index (χ0n) is 9.28. The fraction of sp³-hybridized carbons (Fsp3) is 0.700. The Morgan fingerprint density at radius 2 is 2.06 bits per heavy atom. The summed E-state index contributed by atoms with van der Waals surface area (Å²) in [6, 6.07) is 1.71. The summed E-state index contributed by atoms with van der Waals surface area (Å²) in [6.07, 6.45) is 1.58. The first-order valence-corrected chi connectivity index (χ1v) is 6.50. The van der Waals surface area contributed by atoms with Crippen molar-refractivity contribution in [3.63, 3.8) is 0 Å². The number of morpholine rings is 1. The van der Waals surface area contributed by atoms with E-state index in [-0.39, 0.29) is 13.1 Å². The summed E-state index contributed by atoms with van der Waals surface area (Å²) in [4.78, 5) is 1.73. The molecular formula is C10H14F2IN3O. The lowest BCUT2D eigenvalue weighted by atomic mass is 10.3. The Labute approximate surface area is 112 Å². The second kappa shape index (κ2) is 5.57. The molecule has 0 amide bonds. The molecule has 7 heteroatoms. The van der Waals surface area contributed by atoms with E-state index in [1.54, 1.807) is 17.2 Å². The van der Waals surface area contributed by atoms with E-state index in [1.165, 1.54) is 4.68 Å². The largest absolute Gasteiger partial charge is 0.379 e. The first-order valence-electron chi connectivity index (χ1n) is 5.42. The molecule has 0 spiro atoms. The molecule has 0 N–H and O–H groups in total. The second-order valence-electron chi connectivity index (χ2n) is 4.08. The van der Waals surface area contributed by atoms with Gasteiger partial charge in [0.25, 0.3) is 5.92 Å². The van der Waals surface area contributed by atoms with E-state index in [9.17, 15) is 8.78 Å². The van der Waals surface area contributed by atoms with Crippen LogP contribution in [0.3, 0.4) is 0 Å². The molecular weight excluding hydrogens is 343 g/mol. The number of rotatable bonds is 4. The van der Waals surface area contributed by atoms with Crippen LogP contribution in [0, 0.1) is 3.70 Å². The molecule has 1 aliphatic rings. The Bertz CT molecular complexity index is 366. The van der Waals surface area contributed by atoms with Crippen LogP contribution in [-0.4, -0.2) is 53.5 Å².